The van der Waals surface area contributed by atoms with E-state index in [1.54, 1.807) is 0 Å². The summed E-state index contributed by atoms with van der Waals surface area (Å²) in [5.41, 5.74) is 2.70. The van der Waals surface area contributed by atoms with Gasteiger partial charge in [-0.3, -0.25) is 0 Å². The van der Waals surface area contributed by atoms with Crippen molar-refractivity contribution in [1.29, 1.82) is 0 Å². The second-order valence-corrected chi connectivity index (χ2v) is 7.35. The smallest absolute Gasteiger partial charge is 0.135 e. The van der Waals surface area contributed by atoms with Crippen LogP contribution >= 0.6 is 0 Å². The second kappa shape index (κ2) is 6.55. The number of para-hydroxylation sites is 1. The molecule has 3 heterocycles. The monoisotopic (exact) mass is 325 g/mol. The first-order valence-electron chi connectivity index (χ1n) is 9.23. The number of anilines is 1. The maximum Gasteiger partial charge on any atom is 0.135 e. The molecule has 0 bridgehead atoms. The first kappa shape index (κ1) is 15.6. The van der Waals surface area contributed by atoms with Crippen LogP contribution in [0.2, 0.25) is 0 Å². The highest BCUT2D eigenvalue weighted by atomic mass is 15.3. The van der Waals surface area contributed by atoms with E-state index >= 15 is 0 Å². The minimum Gasteiger partial charge on any atom is -0.385 e. The number of aromatic nitrogens is 3. The lowest BCUT2D eigenvalue weighted by atomic mass is 9.98. The molecule has 5 heteroatoms. The van der Waals surface area contributed by atoms with E-state index < -0.39 is 0 Å². The standard InChI is InChI=1S/C19H27N5/c1-13(2)19-23-22-18-10-9-14(12-24(18)19)21-17-8-5-11-20-16-7-4-3-6-15(16)17/h3-4,6-7,13-14,17,20-21H,5,8-12H2,1-2H3/t14-,17-/m1/s1. The predicted molar refractivity (Wildman–Crippen MR) is 96.3 cm³/mol. The Labute approximate surface area is 143 Å². The van der Waals surface area contributed by atoms with Crippen LogP contribution in [-0.2, 0) is 13.0 Å². The summed E-state index contributed by atoms with van der Waals surface area (Å²) in [7, 11) is 0. The third kappa shape index (κ3) is 2.93. The van der Waals surface area contributed by atoms with Crippen molar-refractivity contribution in [2.75, 3.05) is 11.9 Å². The van der Waals surface area contributed by atoms with Gasteiger partial charge in [0.2, 0.25) is 0 Å². The lowest BCUT2D eigenvalue weighted by Gasteiger charge is -2.30. The normalized spacial score (nSPS) is 23.3. The van der Waals surface area contributed by atoms with Crippen molar-refractivity contribution in [3.8, 4) is 0 Å². The Morgan fingerprint density at radius 3 is 2.96 bits per heavy atom. The number of fused-ring (bicyclic) bond motifs is 2. The van der Waals surface area contributed by atoms with E-state index in [1.807, 2.05) is 0 Å². The summed E-state index contributed by atoms with van der Waals surface area (Å²) in [5, 5.41) is 16.3. The summed E-state index contributed by atoms with van der Waals surface area (Å²) in [4.78, 5) is 0. The van der Waals surface area contributed by atoms with Gasteiger partial charge in [-0.15, -0.1) is 10.2 Å². The van der Waals surface area contributed by atoms with E-state index in [4.69, 9.17) is 0 Å². The summed E-state index contributed by atoms with van der Waals surface area (Å²) in [6.45, 7) is 6.44. The first-order chi connectivity index (χ1) is 11.7. The summed E-state index contributed by atoms with van der Waals surface area (Å²) >= 11 is 0. The van der Waals surface area contributed by atoms with Crippen LogP contribution in [0.1, 0.15) is 62.3 Å². The zero-order valence-electron chi connectivity index (χ0n) is 14.6. The lowest BCUT2D eigenvalue weighted by Crippen LogP contribution is -2.40. The fourth-order valence-electron chi connectivity index (χ4n) is 4.02. The maximum absolute atomic E-state index is 4.40. The number of hydrogen-bond donors (Lipinski definition) is 2. The average molecular weight is 325 g/mol. The van der Waals surface area contributed by atoms with Gasteiger partial charge < -0.3 is 15.2 Å². The molecule has 1 aromatic heterocycles. The van der Waals surface area contributed by atoms with E-state index in [0.717, 1.165) is 37.6 Å². The van der Waals surface area contributed by atoms with Crippen molar-refractivity contribution in [2.24, 2.45) is 0 Å². The van der Waals surface area contributed by atoms with Crippen LogP contribution in [0.4, 0.5) is 5.69 Å². The molecule has 5 nitrogen and oxygen atoms in total. The van der Waals surface area contributed by atoms with Crippen LogP contribution in [0.15, 0.2) is 24.3 Å². The van der Waals surface area contributed by atoms with Crippen LogP contribution in [0.5, 0.6) is 0 Å². The molecule has 24 heavy (non-hydrogen) atoms. The van der Waals surface area contributed by atoms with Crippen molar-refractivity contribution in [1.82, 2.24) is 20.1 Å². The molecule has 2 N–H and O–H groups in total. The zero-order valence-corrected chi connectivity index (χ0v) is 14.6. The van der Waals surface area contributed by atoms with E-state index in [1.165, 1.54) is 24.1 Å². The molecule has 0 amide bonds. The number of aryl methyl sites for hydroxylation is 1. The first-order valence-corrected chi connectivity index (χ1v) is 9.23. The van der Waals surface area contributed by atoms with E-state index in [9.17, 15) is 0 Å². The summed E-state index contributed by atoms with van der Waals surface area (Å²) < 4.78 is 2.34. The number of benzene rings is 1. The highest BCUT2D eigenvalue weighted by Gasteiger charge is 2.27. The van der Waals surface area contributed by atoms with Gasteiger partial charge >= 0.3 is 0 Å². The van der Waals surface area contributed by atoms with Gasteiger partial charge in [0.15, 0.2) is 0 Å². The van der Waals surface area contributed by atoms with Gasteiger partial charge in [-0.2, -0.15) is 0 Å². The molecule has 0 spiro atoms. The Kier molecular flexibility index (Phi) is 4.27. The molecule has 2 atom stereocenters. The minimum absolute atomic E-state index is 0.424. The molecule has 0 saturated carbocycles. The van der Waals surface area contributed by atoms with Crippen molar-refractivity contribution >= 4 is 5.69 Å². The molecule has 0 saturated heterocycles. The molecule has 0 fully saturated rings. The SMILES string of the molecule is CC(C)c1nnc2n1C[C@H](N[C@@H]1CCCNc3ccccc31)CC2. The van der Waals surface area contributed by atoms with Gasteiger partial charge in [0.1, 0.15) is 11.6 Å². The molecule has 0 unspecified atom stereocenters. The van der Waals surface area contributed by atoms with Gasteiger partial charge in [0.25, 0.3) is 0 Å². The Balaban J connectivity index is 1.53. The number of nitrogens with one attached hydrogen (secondary N) is 2. The summed E-state index contributed by atoms with van der Waals surface area (Å²) in [5.74, 6) is 2.70. The largest absolute Gasteiger partial charge is 0.385 e. The molecule has 2 aromatic rings. The lowest BCUT2D eigenvalue weighted by molar-refractivity contribution is 0.329. The minimum atomic E-state index is 0.424. The van der Waals surface area contributed by atoms with Crippen molar-refractivity contribution in [3.05, 3.63) is 41.5 Å². The van der Waals surface area contributed by atoms with Crippen molar-refractivity contribution < 1.29 is 0 Å². The van der Waals surface area contributed by atoms with E-state index in [2.05, 4.69) is 63.5 Å². The van der Waals surface area contributed by atoms with E-state index in [-0.39, 0.29) is 0 Å². The Morgan fingerprint density at radius 2 is 2.08 bits per heavy atom. The van der Waals surface area contributed by atoms with Gasteiger partial charge in [-0.1, -0.05) is 32.0 Å². The molecule has 0 aliphatic carbocycles. The fraction of sp³-hybridized carbons (Fsp3) is 0.579. The zero-order chi connectivity index (χ0) is 16.5. The van der Waals surface area contributed by atoms with Gasteiger partial charge in [0.05, 0.1) is 0 Å². The average Bonchev–Trinajstić information content (AvgIpc) is 2.91. The number of hydrogen-bond acceptors (Lipinski definition) is 4. The number of rotatable bonds is 3. The highest BCUT2D eigenvalue weighted by Crippen LogP contribution is 2.30. The third-order valence-electron chi connectivity index (χ3n) is 5.25. The fourth-order valence-corrected chi connectivity index (χ4v) is 4.02. The van der Waals surface area contributed by atoms with Gasteiger partial charge in [-0.25, -0.2) is 0 Å². The maximum atomic E-state index is 4.40. The molecular weight excluding hydrogens is 298 g/mol. The molecule has 0 radical (unpaired) electrons. The molecule has 4 rings (SSSR count). The topological polar surface area (TPSA) is 54.8 Å². The summed E-state index contributed by atoms with van der Waals surface area (Å²) in [6, 6.07) is 9.65. The Hall–Kier alpha value is -1.88. The van der Waals surface area contributed by atoms with Crippen LogP contribution < -0.4 is 10.6 Å². The van der Waals surface area contributed by atoms with Crippen LogP contribution in [0.25, 0.3) is 0 Å². The van der Waals surface area contributed by atoms with Gasteiger partial charge in [-0.05, 0) is 30.9 Å². The Morgan fingerprint density at radius 1 is 1.21 bits per heavy atom. The van der Waals surface area contributed by atoms with E-state index in [0.29, 0.717) is 18.0 Å². The van der Waals surface area contributed by atoms with Crippen LogP contribution in [-0.4, -0.2) is 27.4 Å². The highest BCUT2D eigenvalue weighted by molar-refractivity contribution is 5.53. The molecule has 1 aromatic carbocycles. The van der Waals surface area contributed by atoms with Crippen LogP contribution in [0, 0.1) is 0 Å². The quantitative estimate of drug-likeness (QED) is 0.909. The predicted octanol–water partition coefficient (Wildman–Crippen LogP) is 3.25. The molecule has 128 valence electrons. The molecule has 2 aliphatic rings. The Bertz CT molecular complexity index is 706. The third-order valence-corrected chi connectivity index (χ3v) is 5.25. The van der Waals surface area contributed by atoms with Crippen molar-refractivity contribution in [3.63, 3.8) is 0 Å². The second-order valence-electron chi connectivity index (χ2n) is 7.35. The molecular formula is C19H27N5. The molecule has 2 aliphatic heterocycles. The summed E-state index contributed by atoms with van der Waals surface area (Å²) in [6.07, 6.45) is 4.55. The van der Waals surface area contributed by atoms with Crippen LogP contribution in [0.3, 0.4) is 0 Å². The van der Waals surface area contributed by atoms with Gasteiger partial charge in [0, 0.05) is 43.2 Å². The number of nitrogens with zero attached hydrogens (tertiary/aromatic N) is 3. The van der Waals surface area contributed by atoms with Crippen molar-refractivity contribution in [2.45, 2.75) is 64.1 Å².